The van der Waals surface area contributed by atoms with E-state index >= 15 is 0 Å². The molecular weight excluding hydrogens is 336 g/mol. The van der Waals surface area contributed by atoms with Crippen LogP contribution in [-0.4, -0.2) is 10.9 Å². The monoisotopic (exact) mass is 348 g/mol. The lowest BCUT2D eigenvalue weighted by atomic mass is 10.1. The molecule has 0 spiro atoms. The predicted octanol–water partition coefficient (Wildman–Crippen LogP) is 4.00. The van der Waals surface area contributed by atoms with Crippen LogP contribution in [0.15, 0.2) is 54.7 Å². The van der Waals surface area contributed by atoms with E-state index in [1.165, 1.54) is 12.3 Å². The van der Waals surface area contributed by atoms with Gasteiger partial charge in [-0.15, -0.1) is 0 Å². The van der Waals surface area contributed by atoms with Crippen LogP contribution in [0.1, 0.15) is 11.1 Å². The Kier molecular flexibility index (Phi) is 4.64. The molecule has 5 nitrogen and oxygen atoms in total. The zero-order chi connectivity index (χ0) is 17.8. The molecule has 0 aliphatic carbocycles. The predicted molar refractivity (Wildman–Crippen MR) is 99.4 cm³/mol. The van der Waals surface area contributed by atoms with Gasteiger partial charge in [-0.2, -0.15) is 5.26 Å². The lowest BCUT2D eigenvalue weighted by Crippen LogP contribution is -2.05. The highest BCUT2D eigenvalue weighted by Crippen LogP contribution is 2.30. The molecule has 1 heterocycles. The number of nitrogens with zero attached hydrogens (tertiary/aromatic N) is 2. The zero-order valence-corrected chi connectivity index (χ0v) is 13.8. The number of nitrogens with two attached hydrogens (primary N) is 1. The number of hydrogen-bond donors (Lipinski definition) is 2. The molecule has 122 valence electrons. The van der Waals surface area contributed by atoms with Crippen molar-refractivity contribution in [1.82, 2.24) is 4.98 Å². The van der Waals surface area contributed by atoms with Crippen molar-refractivity contribution in [3.63, 3.8) is 0 Å². The van der Waals surface area contributed by atoms with E-state index in [1.54, 1.807) is 18.2 Å². The summed E-state index contributed by atoms with van der Waals surface area (Å²) >= 11 is 6.03. The summed E-state index contributed by atoms with van der Waals surface area (Å²) in [4.78, 5) is 15.2. The number of hydrogen-bond acceptors (Lipinski definition) is 4. The van der Waals surface area contributed by atoms with Gasteiger partial charge < -0.3 is 11.1 Å². The summed E-state index contributed by atoms with van der Waals surface area (Å²) in [6, 6.07) is 14.8. The Bertz CT molecular complexity index is 1040. The van der Waals surface area contributed by atoms with Gasteiger partial charge in [0.2, 0.25) is 5.91 Å². The van der Waals surface area contributed by atoms with E-state index in [9.17, 15) is 10.1 Å². The average Bonchev–Trinajstić information content (AvgIpc) is 2.60. The highest BCUT2D eigenvalue weighted by atomic mass is 35.5. The van der Waals surface area contributed by atoms with Crippen molar-refractivity contribution in [2.45, 2.75) is 0 Å². The molecule has 0 aliphatic heterocycles. The Morgan fingerprint density at radius 1 is 1.28 bits per heavy atom. The fourth-order valence-corrected chi connectivity index (χ4v) is 2.61. The number of fused-ring (bicyclic) bond motifs is 1. The maximum Gasteiger partial charge on any atom is 0.241 e. The van der Waals surface area contributed by atoms with Crippen molar-refractivity contribution in [2.75, 3.05) is 5.32 Å². The van der Waals surface area contributed by atoms with Gasteiger partial charge in [-0.05, 0) is 42.0 Å². The second kappa shape index (κ2) is 7.04. The quantitative estimate of drug-likeness (QED) is 0.697. The first-order valence-corrected chi connectivity index (χ1v) is 7.77. The lowest BCUT2D eigenvalue weighted by molar-refractivity contribution is -0.113. The third-order valence-electron chi connectivity index (χ3n) is 3.55. The molecule has 0 bridgehead atoms. The standard InChI is InChI=1S/C19H13ClN4O/c20-14-2-1-3-15(9-14)24-19-13(10-21)11-23-17-6-4-12(8-16(17)19)5-7-18(22)25/h1-9,11H,(H2,22,25)(H,23,24). The fourth-order valence-electron chi connectivity index (χ4n) is 2.42. The first kappa shape index (κ1) is 16.5. The fraction of sp³-hybridized carbons (Fsp3) is 0. The minimum Gasteiger partial charge on any atom is -0.366 e. The highest BCUT2D eigenvalue weighted by molar-refractivity contribution is 6.30. The van der Waals surface area contributed by atoms with Gasteiger partial charge in [-0.25, -0.2) is 0 Å². The molecular formula is C19H13ClN4O. The highest BCUT2D eigenvalue weighted by Gasteiger charge is 2.10. The summed E-state index contributed by atoms with van der Waals surface area (Å²) in [5.74, 6) is -0.527. The van der Waals surface area contributed by atoms with Crippen LogP contribution in [0, 0.1) is 11.3 Å². The number of nitriles is 1. The number of rotatable bonds is 4. The zero-order valence-electron chi connectivity index (χ0n) is 13.0. The first-order chi connectivity index (χ1) is 12.1. The van der Waals surface area contributed by atoms with Crippen molar-refractivity contribution in [2.24, 2.45) is 5.73 Å². The van der Waals surface area contributed by atoms with E-state index in [0.717, 1.165) is 22.2 Å². The summed E-state index contributed by atoms with van der Waals surface area (Å²) in [7, 11) is 0. The second-order valence-corrected chi connectivity index (χ2v) is 5.74. The molecule has 0 aliphatic rings. The van der Waals surface area contributed by atoms with Crippen LogP contribution in [0.5, 0.6) is 0 Å². The largest absolute Gasteiger partial charge is 0.366 e. The number of primary amides is 1. The number of aromatic nitrogens is 1. The molecule has 0 fully saturated rings. The van der Waals surface area contributed by atoms with Gasteiger partial charge in [0, 0.05) is 28.4 Å². The molecule has 0 saturated carbocycles. The van der Waals surface area contributed by atoms with Gasteiger partial charge in [-0.1, -0.05) is 23.7 Å². The number of carbonyl (C=O) groups is 1. The molecule has 3 aromatic rings. The Labute approximate surface area is 149 Å². The van der Waals surface area contributed by atoms with Gasteiger partial charge >= 0.3 is 0 Å². The van der Waals surface area contributed by atoms with E-state index in [1.807, 2.05) is 30.3 Å². The average molecular weight is 349 g/mol. The topological polar surface area (TPSA) is 91.8 Å². The van der Waals surface area contributed by atoms with Crippen LogP contribution in [0.2, 0.25) is 5.02 Å². The maximum atomic E-state index is 10.9. The van der Waals surface area contributed by atoms with E-state index in [-0.39, 0.29) is 0 Å². The van der Waals surface area contributed by atoms with Gasteiger partial charge in [-0.3, -0.25) is 9.78 Å². The normalized spacial score (nSPS) is 10.7. The van der Waals surface area contributed by atoms with Crippen molar-refractivity contribution >= 4 is 45.9 Å². The van der Waals surface area contributed by atoms with Crippen LogP contribution in [0.4, 0.5) is 11.4 Å². The van der Waals surface area contributed by atoms with Gasteiger partial charge in [0.15, 0.2) is 0 Å². The number of pyridine rings is 1. The number of anilines is 2. The van der Waals surface area contributed by atoms with Crippen molar-refractivity contribution in [1.29, 1.82) is 5.26 Å². The summed E-state index contributed by atoms with van der Waals surface area (Å²) < 4.78 is 0. The third-order valence-corrected chi connectivity index (χ3v) is 3.78. The summed E-state index contributed by atoms with van der Waals surface area (Å²) in [6.45, 7) is 0. The Morgan fingerprint density at radius 2 is 2.12 bits per heavy atom. The van der Waals surface area contributed by atoms with Crippen LogP contribution in [0.3, 0.4) is 0 Å². The van der Waals surface area contributed by atoms with E-state index in [0.29, 0.717) is 16.3 Å². The maximum absolute atomic E-state index is 10.9. The van der Waals surface area contributed by atoms with Crippen LogP contribution < -0.4 is 11.1 Å². The second-order valence-electron chi connectivity index (χ2n) is 5.31. The van der Waals surface area contributed by atoms with Crippen molar-refractivity contribution in [3.05, 3.63) is 70.9 Å². The molecule has 25 heavy (non-hydrogen) atoms. The molecule has 3 rings (SSSR count). The Morgan fingerprint density at radius 3 is 2.84 bits per heavy atom. The summed E-state index contributed by atoms with van der Waals surface area (Å²) in [5, 5.41) is 14.0. The third kappa shape index (κ3) is 3.77. The van der Waals surface area contributed by atoms with Crippen LogP contribution >= 0.6 is 11.6 Å². The number of halogens is 1. The smallest absolute Gasteiger partial charge is 0.241 e. The number of amides is 1. The first-order valence-electron chi connectivity index (χ1n) is 7.40. The number of nitrogens with one attached hydrogen (secondary N) is 1. The number of carbonyl (C=O) groups excluding carboxylic acids is 1. The van der Waals surface area contributed by atoms with Crippen molar-refractivity contribution < 1.29 is 4.79 Å². The molecule has 0 atom stereocenters. The van der Waals surface area contributed by atoms with Crippen molar-refractivity contribution in [3.8, 4) is 6.07 Å². The SMILES string of the molecule is N#Cc1cnc2ccc(C=CC(N)=O)cc2c1Nc1cccc(Cl)c1. The van der Waals surface area contributed by atoms with E-state index < -0.39 is 5.91 Å². The molecule has 3 N–H and O–H groups in total. The van der Waals surface area contributed by atoms with Gasteiger partial charge in [0.05, 0.1) is 16.8 Å². The molecule has 0 saturated heterocycles. The van der Waals surface area contributed by atoms with E-state index in [4.69, 9.17) is 17.3 Å². The van der Waals surface area contributed by atoms with E-state index in [2.05, 4.69) is 16.4 Å². The minimum absolute atomic E-state index is 0.406. The van der Waals surface area contributed by atoms with Crippen LogP contribution in [0.25, 0.3) is 17.0 Å². The minimum atomic E-state index is -0.527. The molecule has 2 aromatic carbocycles. The Hall–Kier alpha value is -3.36. The van der Waals surface area contributed by atoms with Gasteiger partial charge in [0.25, 0.3) is 0 Å². The molecule has 6 heteroatoms. The summed E-state index contributed by atoms with van der Waals surface area (Å²) in [6.07, 6.45) is 4.42. The molecule has 0 radical (unpaired) electrons. The molecule has 1 aromatic heterocycles. The molecule has 0 unspecified atom stereocenters. The lowest BCUT2D eigenvalue weighted by Gasteiger charge is -2.12. The van der Waals surface area contributed by atoms with Crippen LogP contribution in [-0.2, 0) is 4.79 Å². The number of benzene rings is 2. The molecule has 1 amide bonds. The Balaban J connectivity index is 2.14. The van der Waals surface area contributed by atoms with Gasteiger partial charge in [0.1, 0.15) is 6.07 Å². The summed E-state index contributed by atoms with van der Waals surface area (Å²) in [5.41, 5.74) is 8.43.